The van der Waals surface area contributed by atoms with Crippen LogP contribution in [0.25, 0.3) is 0 Å². The highest BCUT2D eigenvalue weighted by Crippen LogP contribution is 2.34. The lowest BCUT2D eigenvalue weighted by Gasteiger charge is -2.18. The zero-order valence-corrected chi connectivity index (χ0v) is 13.0. The molecule has 0 unspecified atom stereocenters. The molecule has 1 aromatic carbocycles. The largest absolute Gasteiger partial charge is 0.457 e. The highest BCUT2D eigenvalue weighted by atomic mass is 35.5. The van der Waals surface area contributed by atoms with Crippen LogP contribution < -0.4 is 4.74 Å². The summed E-state index contributed by atoms with van der Waals surface area (Å²) >= 11 is 12.0. The Hall–Kier alpha value is -1.58. The molecule has 3 nitrogen and oxygen atoms in total. The number of fused-ring (bicyclic) bond motifs is 1. The van der Waals surface area contributed by atoms with Crippen LogP contribution in [-0.2, 0) is 6.42 Å². The van der Waals surface area contributed by atoms with E-state index < -0.39 is 0 Å². The average molecular weight is 322 g/mol. The second-order valence-electron chi connectivity index (χ2n) is 5.07. The average Bonchev–Trinajstić information content (AvgIpc) is 2.39. The van der Waals surface area contributed by atoms with Gasteiger partial charge in [-0.25, -0.2) is 4.98 Å². The topological polar surface area (TPSA) is 39.2 Å². The maximum absolute atomic E-state index is 12.0. The van der Waals surface area contributed by atoms with Crippen LogP contribution in [0.1, 0.15) is 34.6 Å². The molecule has 0 fully saturated rings. The quantitative estimate of drug-likeness (QED) is 0.780. The van der Waals surface area contributed by atoms with Crippen molar-refractivity contribution in [3.8, 4) is 11.5 Å². The smallest absolute Gasteiger partial charge is 0.181 e. The number of Topliss-reactive ketones (excluding diaryl/α,β-unsaturated/α-hetero) is 1. The van der Waals surface area contributed by atoms with Gasteiger partial charge in [0.25, 0.3) is 0 Å². The zero-order chi connectivity index (χ0) is 15.0. The van der Waals surface area contributed by atoms with Crippen LogP contribution in [0.15, 0.2) is 24.3 Å². The monoisotopic (exact) mass is 321 g/mol. The second kappa shape index (κ2) is 5.66. The lowest BCUT2D eigenvalue weighted by atomic mass is 9.94. The number of halogens is 2. The summed E-state index contributed by atoms with van der Waals surface area (Å²) in [5, 5.41) is 1.02. The number of pyridine rings is 1. The van der Waals surface area contributed by atoms with E-state index in [1.165, 1.54) is 0 Å². The van der Waals surface area contributed by atoms with Gasteiger partial charge < -0.3 is 4.74 Å². The van der Waals surface area contributed by atoms with Crippen molar-refractivity contribution in [2.45, 2.75) is 26.2 Å². The molecule has 0 N–H and O–H groups in total. The standard InChI is InChI=1S/C16H13Cl2NO2/c1-9-5-15(13-3-2-4-14(20)16(13)19-9)21-12-7-10(17)6-11(18)8-12/h5-8H,2-4H2,1H3. The molecule has 1 aliphatic rings. The highest BCUT2D eigenvalue weighted by molar-refractivity contribution is 6.34. The molecule has 0 atom stereocenters. The van der Waals surface area contributed by atoms with Crippen LogP contribution in [-0.4, -0.2) is 10.8 Å². The number of carbonyl (C=O) groups excluding carboxylic acids is 1. The van der Waals surface area contributed by atoms with E-state index in [2.05, 4.69) is 4.98 Å². The van der Waals surface area contributed by atoms with Crippen LogP contribution in [0.3, 0.4) is 0 Å². The molecular weight excluding hydrogens is 309 g/mol. The molecule has 0 amide bonds. The number of aryl methyl sites for hydroxylation is 1. The molecular formula is C16H13Cl2NO2. The summed E-state index contributed by atoms with van der Waals surface area (Å²) in [7, 11) is 0. The van der Waals surface area contributed by atoms with Crippen LogP contribution in [0.4, 0.5) is 0 Å². The summed E-state index contributed by atoms with van der Waals surface area (Å²) in [6.45, 7) is 1.85. The number of hydrogen-bond acceptors (Lipinski definition) is 3. The molecule has 0 saturated carbocycles. The van der Waals surface area contributed by atoms with Gasteiger partial charge in [-0.1, -0.05) is 23.2 Å². The number of rotatable bonds is 2. The van der Waals surface area contributed by atoms with E-state index in [0.717, 1.165) is 24.1 Å². The molecule has 0 spiro atoms. The van der Waals surface area contributed by atoms with E-state index in [0.29, 0.717) is 33.7 Å². The number of benzene rings is 1. The lowest BCUT2D eigenvalue weighted by Crippen LogP contribution is -2.14. The molecule has 21 heavy (non-hydrogen) atoms. The third-order valence-electron chi connectivity index (χ3n) is 3.37. The fourth-order valence-corrected chi connectivity index (χ4v) is 3.00. The minimum absolute atomic E-state index is 0.0777. The Kier molecular flexibility index (Phi) is 3.87. The lowest BCUT2D eigenvalue weighted by molar-refractivity contribution is 0.0966. The summed E-state index contributed by atoms with van der Waals surface area (Å²) in [5.41, 5.74) is 2.16. The highest BCUT2D eigenvalue weighted by Gasteiger charge is 2.23. The first kappa shape index (κ1) is 14.4. The van der Waals surface area contributed by atoms with Crippen molar-refractivity contribution >= 4 is 29.0 Å². The van der Waals surface area contributed by atoms with Gasteiger partial charge in [0.1, 0.15) is 17.2 Å². The summed E-state index contributed by atoms with van der Waals surface area (Å²) in [6, 6.07) is 6.87. The zero-order valence-electron chi connectivity index (χ0n) is 11.5. The summed E-state index contributed by atoms with van der Waals surface area (Å²) < 4.78 is 5.91. The van der Waals surface area contributed by atoms with E-state index >= 15 is 0 Å². The fraction of sp³-hybridized carbons (Fsp3) is 0.250. The van der Waals surface area contributed by atoms with Gasteiger partial charge in [-0.05, 0) is 38.0 Å². The van der Waals surface area contributed by atoms with E-state index in [9.17, 15) is 4.79 Å². The van der Waals surface area contributed by atoms with Gasteiger partial charge >= 0.3 is 0 Å². The van der Waals surface area contributed by atoms with Gasteiger partial charge in [0, 0.05) is 33.8 Å². The van der Waals surface area contributed by atoms with Crippen molar-refractivity contribution in [3.63, 3.8) is 0 Å². The SMILES string of the molecule is Cc1cc(Oc2cc(Cl)cc(Cl)c2)c2c(n1)C(=O)CCC2. The van der Waals surface area contributed by atoms with Crippen molar-refractivity contribution in [2.75, 3.05) is 0 Å². The molecule has 3 rings (SSSR count). The Balaban J connectivity index is 2.04. The maximum atomic E-state index is 12.0. The number of nitrogens with zero attached hydrogens (tertiary/aromatic N) is 1. The van der Waals surface area contributed by atoms with Gasteiger partial charge in [0.15, 0.2) is 5.78 Å². The molecule has 0 saturated heterocycles. The van der Waals surface area contributed by atoms with E-state index in [1.54, 1.807) is 18.2 Å². The van der Waals surface area contributed by atoms with Gasteiger partial charge in [-0.2, -0.15) is 0 Å². The molecule has 0 radical (unpaired) electrons. The van der Waals surface area contributed by atoms with Crippen LogP contribution in [0, 0.1) is 6.92 Å². The Labute approximate surface area is 132 Å². The maximum Gasteiger partial charge on any atom is 0.181 e. The molecule has 1 aliphatic carbocycles. The first-order valence-electron chi connectivity index (χ1n) is 6.70. The number of ether oxygens (including phenoxy) is 1. The van der Waals surface area contributed by atoms with Crippen molar-refractivity contribution in [2.24, 2.45) is 0 Å². The number of hydrogen-bond donors (Lipinski definition) is 0. The molecule has 0 bridgehead atoms. The van der Waals surface area contributed by atoms with E-state index in [1.807, 2.05) is 13.0 Å². The Morgan fingerprint density at radius 2 is 1.81 bits per heavy atom. The third kappa shape index (κ3) is 3.04. The van der Waals surface area contributed by atoms with Gasteiger partial charge in [-0.3, -0.25) is 4.79 Å². The predicted octanol–water partition coefficient (Wildman–Crippen LogP) is 5.01. The molecule has 5 heteroatoms. The van der Waals surface area contributed by atoms with Crippen LogP contribution >= 0.6 is 23.2 Å². The minimum atomic E-state index is 0.0777. The van der Waals surface area contributed by atoms with E-state index in [4.69, 9.17) is 27.9 Å². The molecule has 1 heterocycles. The normalized spacial score (nSPS) is 14.0. The van der Waals surface area contributed by atoms with Gasteiger partial charge in [0.2, 0.25) is 0 Å². The Morgan fingerprint density at radius 3 is 2.52 bits per heavy atom. The summed E-state index contributed by atoms with van der Waals surface area (Å²) in [6.07, 6.45) is 2.16. The molecule has 2 aromatic rings. The fourth-order valence-electron chi connectivity index (χ4n) is 2.49. The number of carbonyl (C=O) groups is 1. The Bertz CT molecular complexity index is 708. The molecule has 0 aliphatic heterocycles. The van der Waals surface area contributed by atoms with Crippen molar-refractivity contribution in [1.29, 1.82) is 0 Å². The number of aromatic nitrogens is 1. The van der Waals surface area contributed by atoms with Gasteiger partial charge in [0.05, 0.1) is 0 Å². The van der Waals surface area contributed by atoms with E-state index in [-0.39, 0.29) is 5.78 Å². The summed E-state index contributed by atoms with van der Waals surface area (Å²) in [4.78, 5) is 16.3. The Morgan fingerprint density at radius 1 is 1.10 bits per heavy atom. The predicted molar refractivity (Wildman–Crippen MR) is 82.8 cm³/mol. The van der Waals surface area contributed by atoms with Crippen LogP contribution in [0.5, 0.6) is 11.5 Å². The first-order chi connectivity index (χ1) is 10.0. The third-order valence-corrected chi connectivity index (χ3v) is 3.81. The summed E-state index contributed by atoms with van der Waals surface area (Å²) in [5.74, 6) is 1.29. The van der Waals surface area contributed by atoms with Crippen molar-refractivity contribution < 1.29 is 9.53 Å². The van der Waals surface area contributed by atoms with Gasteiger partial charge in [-0.15, -0.1) is 0 Å². The molecule has 1 aromatic heterocycles. The van der Waals surface area contributed by atoms with Crippen molar-refractivity contribution in [3.05, 3.63) is 51.3 Å². The first-order valence-corrected chi connectivity index (χ1v) is 7.46. The van der Waals surface area contributed by atoms with Crippen molar-refractivity contribution in [1.82, 2.24) is 4.98 Å². The minimum Gasteiger partial charge on any atom is -0.457 e. The second-order valence-corrected chi connectivity index (χ2v) is 5.95. The van der Waals surface area contributed by atoms with Crippen LogP contribution in [0.2, 0.25) is 10.0 Å². The number of ketones is 1. The molecule has 108 valence electrons.